The minimum atomic E-state index is -1.20. The molecule has 4 N–H and O–H groups in total. The third kappa shape index (κ3) is 3.05. The molecule has 0 aliphatic carbocycles. The second-order valence-electron chi connectivity index (χ2n) is 4.43. The van der Waals surface area contributed by atoms with Gasteiger partial charge in [-0.1, -0.05) is 11.6 Å². The number of hydrogen-bond acceptors (Lipinski definition) is 3. The number of nitrogen functional groups attached to an aromatic ring is 1. The maximum absolute atomic E-state index is 13.7. The smallest absolute Gasteiger partial charge is 0.337 e. The molecule has 0 aliphatic heterocycles. The van der Waals surface area contributed by atoms with Crippen molar-refractivity contribution in [1.82, 2.24) is 0 Å². The standard InChI is InChI=1S/C14H11ClF2N2O2/c1-6-2-8(5-9(12(6)18)14(20)21)19-13-10(15)3-7(16)4-11(13)17/h2-5,19H,18H2,1H3,(H,20,21). The lowest BCUT2D eigenvalue weighted by atomic mass is 10.1. The maximum atomic E-state index is 13.7. The first-order valence-electron chi connectivity index (χ1n) is 5.84. The lowest BCUT2D eigenvalue weighted by molar-refractivity contribution is 0.0698. The van der Waals surface area contributed by atoms with E-state index in [4.69, 9.17) is 22.4 Å². The quantitative estimate of drug-likeness (QED) is 0.750. The number of benzene rings is 2. The van der Waals surface area contributed by atoms with E-state index in [1.54, 1.807) is 13.0 Å². The van der Waals surface area contributed by atoms with Crippen LogP contribution >= 0.6 is 11.6 Å². The van der Waals surface area contributed by atoms with Crippen LogP contribution in [0.15, 0.2) is 24.3 Å². The topological polar surface area (TPSA) is 75.3 Å². The van der Waals surface area contributed by atoms with Gasteiger partial charge in [0.05, 0.1) is 16.3 Å². The number of anilines is 3. The largest absolute Gasteiger partial charge is 0.478 e. The third-order valence-corrected chi connectivity index (χ3v) is 3.19. The molecule has 2 aromatic carbocycles. The zero-order valence-corrected chi connectivity index (χ0v) is 11.6. The Labute approximate surface area is 124 Å². The number of carboxylic acids is 1. The van der Waals surface area contributed by atoms with Crippen LogP contribution in [-0.2, 0) is 0 Å². The van der Waals surface area contributed by atoms with Crippen LogP contribution < -0.4 is 11.1 Å². The van der Waals surface area contributed by atoms with Gasteiger partial charge in [0.1, 0.15) is 5.82 Å². The molecule has 0 amide bonds. The van der Waals surface area contributed by atoms with Gasteiger partial charge in [-0.2, -0.15) is 0 Å². The summed E-state index contributed by atoms with van der Waals surface area (Å²) in [5, 5.41) is 11.6. The molecule has 4 nitrogen and oxygen atoms in total. The number of nitrogens with one attached hydrogen (secondary N) is 1. The molecule has 7 heteroatoms. The summed E-state index contributed by atoms with van der Waals surface area (Å²) in [5.74, 6) is -2.89. The molecule has 0 heterocycles. The van der Waals surface area contributed by atoms with Gasteiger partial charge in [0.2, 0.25) is 0 Å². The average molecular weight is 313 g/mol. The molecule has 110 valence electrons. The molecule has 0 saturated heterocycles. The SMILES string of the molecule is Cc1cc(Nc2c(F)cc(F)cc2Cl)cc(C(=O)O)c1N. The fraction of sp³-hybridized carbons (Fsp3) is 0.0714. The molecule has 0 aromatic heterocycles. The Bertz CT molecular complexity index is 712. The number of carbonyl (C=O) groups is 1. The minimum absolute atomic E-state index is 0.115. The molecule has 0 atom stereocenters. The van der Waals surface area contributed by atoms with Gasteiger partial charge >= 0.3 is 5.97 Å². The fourth-order valence-corrected chi connectivity index (χ4v) is 2.10. The number of aryl methyl sites for hydroxylation is 1. The van der Waals surface area contributed by atoms with Gasteiger partial charge in [-0.3, -0.25) is 0 Å². The van der Waals surface area contributed by atoms with Gasteiger partial charge < -0.3 is 16.2 Å². The summed E-state index contributed by atoms with van der Waals surface area (Å²) in [6.07, 6.45) is 0. The zero-order valence-electron chi connectivity index (χ0n) is 10.9. The van der Waals surface area contributed by atoms with Crippen LogP contribution in [-0.4, -0.2) is 11.1 Å². The zero-order chi connectivity index (χ0) is 15.7. The second kappa shape index (κ2) is 5.57. The highest BCUT2D eigenvalue weighted by Gasteiger charge is 2.14. The van der Waals surface area contributed by atoms with E-state index in [0.29, 0.717) is 11.6 Å². The molecule has 0 bridgehead atoms. The number of halogens is 3. The predicted molar refractivity (Wildman–Crippen MR) is 77.2 cm³/mol. The van der Waals surface area contributed by atoms with Crippen LogP contribution in [0, 0.1) is 18.6 Å². The third-order valence-electron chi connectivity index (χ3n) is 2.89. The van der Waals surface area contributed by atoms with Crippen molar-refractivity contribution in [3.05, 3.63) is 52.0 Å². The van der Waals surface area contributed by atoms with Gasteiger partial charge in [0.25, 0.3) is 0 Å². The first-order valence-corrected chi connectivity index (χ1v) is 6.22. The lowest BCUT2D eigenvalue weighted by Gasteiger charge is -2.13. The minimum Gasteiger partial charge on any atom is -0.478 e. The monoisotopic (exact) mass is 312 g/mol. The molecule has 2 aromatic rings. The van der Waals surface area contributed by atoms with E-state index >= 15 is 0 Å². The highest BCUT2D eigenvalue weighted by atomic mass is 35.5. The van der Waals surface area contributed by atoms with E-state index in [1.807, 2.05) is 0 Å². The van der Waals surface area contributed by atoms with Gasteiger partial charge in [-0.15, -0.1) is 0 Å². The summed E-state index contributed by atoms with van der Waals surface area (Å²) in [4.78, 5) is 11.1. The Kier molecular flexibility index (Phi) is 3.99. The van der Waals surface area contributed by atoms with Crippen molar-refractivity contribution in [3.8, 4) is 0 Å². The molecule has 0 aliphatic rings. The Hall–Kier alpha value is -2.34. The molecular formula is C14H11ClF2N2O2. The molecule has 0 unspecified atom stereocenters. The van der Waals surface area contributed by atoms with E-state index in [2.05, 4.69) is 5.32 Å². The lowest BCUT2D eigenvalue weighted by Crippen LogP contribution is -2.06. The van der Waals surface area contributed by atoms with Crippen LogP contribution in [0.4, 0.5) is 25.8 Å². The van der Waals surface area contributed by atoms with Gasteiger partial charge in [0.15, 0.2) is 5.82 Å². The van der Waals surface area contributed by atoms with E-state index in [-0.39, 0.29) is 27.6 Å². The summed E-state index contributed by atoms with van der Waals surface area (Å²) in [6, 6.07) is 4.43. The summed E-state index contributed by atoms with van der Waals surface area (Å²) in [7, 11) is 0. The van der Waals surface area contributed by atoms with Gasteiger partial charge in [-0.25, -0.2) is 13.6 Å². The highest BCUT2D eigenvalue weighted by molar-refractivity contribution is 6.33. The van der Waals surface area contributed by atoms with Crippen LogP contribution in [0.1, 0.15) is 15.9 Å². The summed E-state index contributed by atoms with van der Waals surface area (Å²) in [5.41, 5.74) is 6.33. The molecule has 0 radical (unpaired) electrons. The summed E-state index contributed by atoms with van der Waals surface area (Å²) >= 11 is 5.77. The summed E-state index contributed by atoms with van der Waals surface area (Å²) < 4.78 is 26.7. The molecule has 0 fully saturated rings. The maximum Gasteiger partial charge on any atom is 0.337 e. The molecule has 2 rings (SSSR count). The Morgan fingerprint density at radius 3 is 2.52 bits per heavy atom. The Morgan fingerprint density at radius 1 is 1.29 bits per heavy atom. The summed E-state index contributed by atoms with van der Waals surface area (Å²) in [6.45, 7) is 1.62. The molecule has 21 heavy (non-hydrogen) atoms. The highest BCUT2D eigenvalue weighted by Crippen LogP contribution is 2.31. The van der Waals surface area contributed by atoms with E-state index in [1.165, 1.54) is 6.07 Å². The second-order valence-corrected chi connectivity index (χ2v) is 4.84. The average Bonchev–Trinajstić information content (AvgIpc) is 2.37. The van der Waals surface area contributed by atoms with Crippen LogP contribution in [0.5, 0.6) is 0 Å². The number of nitrogens with two attached hydrogens (primary N) is 1. The van der Waals surface area contributed by atoms with Crippen molar-refractivity contribution >= 4 is 34.6 Å². The number of rotatable bonds is 3. The van der Waals surface area contributed by atoms with Gasteiger partial charge in [-0.05, 0) is 30.7 Å². The molecule has 0 saturated carbocycles. The first kappa shape index (κ1) is 15.1. The van der Waals surface area contributed by atoms with Crippen LogP contribution in [0.3, 0.4) is 0 Å². The molecular weight excluding hydrogens is 302 g/mol. The van der Waals surface area contributed by atoms with E-state index < -0.39 is 17.6 Å². The van der Waals surface area contributed by atoms with Crippen LogP contribution in [0.2, 0.25) is 5.02 Å². The van der Waals surface area contributed by atoms with Crippen molar-refractivity contribution in [2.45, 2.75) is 6.92 Å². The molecule has 0 spiro atoms. The predicted octanol–water partition coefficient (Wildman–Crippen LogP) is 3.95. The van der Waals surface area contributed by atoms with E-state index in [0.717, 1.165) is 6.07 Å². The van der Waals surface area contributed by atoms with Crippen molar-refractivity contribution < 1.29 is 18.7 Å². The van der Waals surface area contributed by atoms with Crippen molar-refractivity contribution in [2.75, 3.05) is 11.1 Å². The van der Waals surface area contributed by atoms with Crippen molar-refractivity contribution in [3.63, 3.8) is 0 Å². The van der Waals surface area contributed by atoms with Crippen molar-refractivity contribution in [1.29, 1.82) is 0 Å². The van der Waals surface area contributed by atoms with E-state index in [9.17, 15) is 13.6 Å². The number of hydrogen-bond donors (Lipinski definition) is 3. The number of aromatic carboxylic acids is 1. The first-order chi connectivity index (χ1) is 9.79. The number of carboxylic acid groups (broad SMARTS) is 1. The van der Waals surface area contributed by atoms with Gasteiger partial charge in [0, 0.05) is 17.4 Å². The fourth-order valence-electron chi connectivity index (χ4n) is 1.85. The Balaban J connectivity index is 2.48. The normalized spacial score (nSPS) is 10.5. The van der Waals surface area contributed by atoms with Crippen molar-refractivity contribution in [2.24, 2.45) is 0 Å². The van der Waals surface area contributed by atoms with Crippen LogP contribution in [0.25, 0.3) is 0 Å². The Morgan fingerprint density at radius 2 is 1.95 bits per heavy atom.